The second-order valence-corrected chi connectivity index (χ2v) is 8.56. The molecule has 5 nitrogen and oxygen atoms in total. The number of aryl methyl sites for hydroxylation is 1. The van der Waals surface area contributed by atoms with Gasteiger partial charge < -0.3 is 10.3 Å². The summed E-state index contributed by atoms with van der Waals surface area (Å²) in [6.07, 6.45) is 1.47. The Balaban J connectivity index is 1.71. The molecule has 1 atom stereocenters. The van der Waals surface area contributed by atoms with Crippen LogP contribution in [0.15, 0.2) is 90.2 Å². The standard InChI is InChI=1S/C28H22ClFN2O3/c1-17-4-2-3-5-22(17)23(14-26(32-35)24-15-27(30)31-16-25(24)29)20-10-6-18(7-11-20)19-8-12-21(13-9-19)28(33)34/h2-13,15-16,23,35H,14H2,1H3,(H,33,34)/t23-/m1/s1. The number of benzene rings is 3. The molecule has 2 N–H and O–H groups in total. The Morgan fingerprint density at radius 1 is 1.03 bits per heavy atom. The molecular weight excluding hydrogens is 467 g/mol. The van der Waals surface area contributed by atoms with Crippen molar-refractivity contribution in [1.29, 1.82) is 0 Å². The first-order valence-corrected chi connectivity index (χ1v) is 11.3. The molecule has 0 saturated heterocycles. The fourth-order valence-corrected chi connectivity index (χ4v) is 4.34. The maximum absolute atomic E-state index is 13.8. The van der Waals surface area contributed by atoms with Crippen LogP contribution < -0.4 is 0 Å². The lowest BCUT2D eigenvalue weighted by Crippen LogP contribution is -2.12. The van der Waals surface area contributed by atoms with Crippen LogP contribution in [0.3, 0.4) is 0 Å². The Morgan fingerprint density at radius 3 is 2.26 bits per heavy atom. The van der Waals surface area contributed by atoms with E-state index in [1.165, 1.54) is 6.20 Å². The third kappa shape index (κ3) is 5.39. The molecule has 0 fully saturated rings. The SMILES string of the molecule is Cc1ccccc1[C@H](CC(=NO)c1cc(F)ncc1Cl)c1ccc(-c2ccc(C(=O)O)cc2)cc1. The number of oxime groups is 1. The average molecular weight is 489 g/mol. The number of carbonyl (C=O) groups is 1. The van der Waals surface area contributed by atoms with Crippen molar-refractivity contribution in [2.75, 3.05) is 0 Å². The average Bonchev–Trinajstić information content (AvgIpc) is 2.87. The number of rotatable bonds is 7. The molecule has 3 aromatic carbocycles. The molecule has 0 radical (unpaired) electrons. The number of carboxylic acid groups (broad SMARTS) is 1. The van der Waals surface area contributed by atoms with E-state index < -0.39 is 11.9 Å². The number of aromatic carboxylic acids is 1. The number of hydrogen-bond acceptors (Lipinski definition) is 4. The van der Waals surface area contributed by atoms with E-state index in [1.54, 1.807) is 24.3 Å². The summed E-state index contributed by atoms with van der Waals surface area (Å²) >= 11 is 6.24. The maximum Gasteiger partial charge on any atom is 0.335 e. The van der Waals surface area contributed by atoms with Crippen molar-refractivity contribution in [3.63, 3.8) is 0 Å². The van der Waals surface area contributed by atoms with Gasteiger partial charge in [-0.2, -0.15) is 4.39 Å². The van der Waals surface area contributed by atoms with Gasteiger partial charge in [-0.15, -0.1) is 0 Å². The second-order valence-electron chi connectivity index (χ2n) is 8.15. The third-order valence-electron chi connectivity index (χ3n) is 5.99. The van der Waals surface area contributed by atoms with Crippen molar-refractivity contribution in [2.45, 2.75) is 19.3 Å². The molecule has 0 aliphatic rings. The summed E-state index contributed by atoms with van der Waals surface area (Å²) in [5.41, 5.74) is 5.67. The van der Waals surface area contributed by atoms with Crippen LogP contribution in [0.25, 0.3) is 11.1 Å². The highest BCUT2D eigenvalue weighted by atomic mass is 35.5. The number of pyridine rings is 1. The molecule has 0 unspecified atom stereocenters. The van der Waals surface area contributed by atoms with Gasteiger partial charge in [0.25, 0.3) is 0 Å². The molecule has 0 aliphatic carbocycles. The van der Waals surface area contributed by atoms with E-state index in [2.05, 4.69) is 10.1 Å². The first-order chi connectivity index (χ1) is 16.9. The van der Waals surface area contributed by atoms with Crippen LogP contribution in [0.1, 0.15) is 45.0 Å². The lowest BCUT2D eigenvalue weighted by Gasteiger charge is -2.21. The van der Waals surface area contributed by atoms with Gasteiger partial charge in [-0.05, 0) is 46.9 Å². The fraction of sp³-hybridized carbons (Fsp3) is 0.107. The summed E-state index contributed by atoms with van der Waals surface area (Å²) in [7, 11) is 0. The summed E-state index contributed by atoms with van der Waals surface area (Å²) in [5.74, 6) is -1.88. The highest BCUT2D eigenvalue weighted by Gasteiger charge is 2.22. The van der Waals surface area contributed by atoms with Crippen LogP contribution in [0.5, 0.6) is 0 Å². The Kier molecular flexibility index (Phi) is 7.22. The summed E-state index contributed by atoms with van der Waals surface area (Å²) < 4.78 is 13.8. The minimum Gasteiger partial charge on any atom is -0.478 e. The molecule has 7 heteroatoms. The van der Waals surface area contributed by atoms with Crippen molar-refractivity contribution in [1.82, 2.24) is 4.98 Å². The molecular formula is C28H22ClFN2O3. The van der Waals surface area contributed by atoms with Gasteiger partial charge in [0, 0.05) is 30.2 Å². The van der Waals surface area contributed by atoms with Crippen LogP contribution in [-0.4, -0.2) is 27.0 Å². The molecule has 1 aromatic heterocycles. The normalized spacial score (nSPS) is 12.4. The van der Waals surface area contributed by atoms with Gasteiger partial charge in [0.15, 0.2) is 0 Å². The third-order valence-corrected chi connectivity index (χ3v) is 6.29. The molecule has 0 bridgehead atoms. The molecule has 35 heavy (non-hydrogen) atoms. The summed E-state index contributed by atoms with van der Waals surface area (Å²) in [6.45, 7) is 2.01. The van der Waals surface area contributed by atoms with E-state index in [9.17, 15) is 14.4 Å². The van der Waals surface area contributed by atoms with Gasteiger partial charge in [-0.3, -0.25) is 0 Å². The number of hydrogen-bond donors (Lipinski definition) is 2. The number of nitrogens with zero attached hydrogens (tertiary/aromatic N) is 2. The zero-order chi connectivity index (χ0) is 24.9. The van der Waals surface area contributed by atoms with Crippen molar-refractivity contribution in [2.24, 2.45) is 5.16 Å². The zero-order valence-electron chi connectivity index (χ0n) is 18.8. The fourth-order valence-electron chi connectivity index (χ4n) is 4.13. The van der Waals surface area contributed by atoms with Crippen molar-refractivity contribution >= 4 is 23.3 Å². The quantitative estimate of drug-likeness (QED) is 0.128. The largest absolute Gasteiger partial charge is 0.478 e. The van der Waals surface area contributed by atoms with Gasteiger partial charge in [0.1, 0.15) is 0 Å². The van der Waals surface area contributed by atoms with Gasteiger partial charge >= 0.3 is 5.97 Å². The van der Waals surface area contributed by atoms with Crippen LogP contribution in [0, 0.1) is 12.9 Å². The van der Waals surface area contributed by atoms with Crippen molar-refractivity contribution in [3.8, 4) is 11.1 Å². The Morgan fingerprint density at radius 2 is 1.66 bits per heavy atom. The molecule has 4 aromatic rings. The lowest BCUT2D eigenvalue weighted by molar-refractivity contribution is 0.0697. The minimum absolute atomic E-state index is 0.196. The van der Waals surface area contributed by atoms with Crippen LogP contribution in [0.4, 0.5) is 4.39 Å². The number of aromatic nitrogens is 1. The predicted octanol–water partition coefficient (Wildman–Crippen LogP) is 6.95. The van der Waals surface area contributed by atoms with Gasteiger partial charge in [-0.1, -0.05) is 77.4 Å². The number of halogens is 2. The van der Waals surface area contributed by atoms with E-state index in [4.69, 9.17) is 16.7 Å². The van der Waals surface area contributed by atoms with Crippen LogP contribution >= 0.6 is 11.6 Å². The first kappa shape index (κ1) is 24.1. The van der Waals surface area contributed by atoms with E-state index in [1.807, 2.05) is 55.5 Å². The van der Waals surface area contributed by atoms with Crippen LogP contribution in [0.2, 0.25) is 5.02 Å². The van der Waals surface area contributed by atoms with E-state index in [-0.39, 0.29) is 34.2 Å². The maximum atomic E-state index is 13.8. The molecule has 0 spiro atoms. The van der Waals surface area contributed by atoms with Crippen LogP contribution in [-0.2, 0) is 0 Å². The van der Waals surface area contributed by atoms with Crippen molar-refractivity contribution < 1.29 is 19.5 Å². The highest BCUT2D eigenvalue weighted by molar-refractivity contribution is 6.34. The highest BCUT2D eigenvalue weighted by Crippen LogP contribution is 2.34. The Bertz CT molecular complexity index is 1390. The van der Waals surface area contributed by atoms with Gasteiger partial charge in [0.2, 0.25) is 5.95 Å². The summed E-state index contributed by atoms with van der Waals surface area (Å²) in [6, 6.07) is 23.7. The predicted molar refractivity (Wildman–Crippen MR) is 134 cm³/mol. The molecule has 1 heterocycles. The van der Waals surface area contributed by atoms with Gasteiger partial charge in [0.05, 0.1) is 16.3 Å². The molecule has 4 rings (SSSR count). The van der Waals surface area contributed by atoms with Crippen molar-refractivity contribution in [3.05, 3.63) is 124 Å². The molecule has 0 saturated carbocycles. The Labute approximate surface area is 207 Å². The smallest absolute Gasteiger partial charge is 0.335 e. The molecule has 0 aliphatic heterocycles. The van der Waals surface area contributed by atoms with E-state index >= 15 is 0 Å². The van der Waals surface area contributed by atoms with Gasteiger partial charge in [-0.25, -0.2) is 9.78 Å². The topological polar surface area (TPSA) is 82.8 Å². The lowest BCUT2D eigenvalue weighted by atomic mass is 9.83. The Hall–Kier alpha value is -4.03. The molecule has 176 valence electrons. The second kappa shape index (κ2) is 10.5. The molecule has 0 amide bonds. The first-order valence-electron chi connectivity index (χ1n) is 10.9. The zero-order valence-corrected chi connectivity index (χ0v) is 19.6. The van der Waals surface area contributed by atoms with E-state index in [0.29, 0.717) is 0 Å². The number of carboxylic acids is 1. The monoisotopic (exact) mass is 488 g/mol. The summed E-state index contributed by atoms with van der Waals surface area (Å²) in [4.78, 5) is 14.7. The minimum atomic E-state index is -0.969. The van der Waals surface area contributed by atoms with E-state index in [0.717, 1.165) is 33.9 Å². The summed E-state index contributed by atoms with van der Waals surface area (Å²) in [5, 5.41) is 22.6.